The number of hydrogen-bond acceptors (Lipinski definition) is 3. The minimum Gasteiger partial charge on any atom is -0.376 e. The molecule has 1 saturated heterocycles. The van der Waals surface area contributed by atoms with E-state index in [0.717, 1.165) is 19.4 Å². The Kier molecular flexibility index (Phi) is 4.18. The van der Waals surface area contributed by atoms with Gasteiger partial charge in [-0.1, -0.05) is 6.92 Å². The van der Waals surface area contributed by atoms with Crippen molar-refractivity contribution in [2.75, 3.05) is 13.2 Å². The van der Waals surface area contributed by atoms with Gasteiger partial charge in [0.1, 0.15) is 0 Å². The quantitative estimate of drug-likeness (QED) is 0.650. The summed E-state index contributed by atoms with van der Waals surface area (Å²) in [5.74, 6) is -0.0713. The first-order valence-corrected chi connectivity index (χ1v) is 4.89. The second-order valence-corrected chi connectivity index (χ2v) is 3.39. The number of carbonyl (C=O) groups is 1. The average molecular weight is 186 g/mol. The number of rotatable bonds is 4. The van der Waals surface area contributed by atoms with Crippen LogP contribution < -0.4 is 11.1 Å². The Labute approximate surface area is 78.8 Å². The lowest BCUT2D eigenvalue weighted by molar-refractivity contribution is -0.122. The van der Waals surface area contributed by atoms with Crippen LogP contribution in [0.15, 0.2) is 0 Å². The van der Waals surface area contributed by atoms with Crippen LogP contribution in [0, 0.1) is 0 Å². The maximum Gasteiger partial charge on any atom is 0.236 e. The highest BCUT2D eigenvalue weighted by molar-refractivity contribution is 5.81. The van der Waals surface area contributed by atoms with E-state index in [9.17, 15) is 4.79 Å². The summed E-state index contributed by atoms with van der Waals surface area (Å²) in [5, 5.41) is 2.79. The number of hydrogen-bond donors (Lipinski definition) is 2. The fourth-order valence-corrected chi connectivity index (χ4v) is 1.34. The summed E-state index contributed by atoms with van der Waals surface area (Å²) in [7, 11) is 0. The fourth-order valence-electron chi connectivity index (χ4n) is 1.34. The monoisotopic (exact) mass is 186 g/mol. The van der Waals surface area contributed by atoms with Gasteiger partial charge in [-0.05, 0) is 19.3 Å². The highest BCUT2D eigenvalue weighted by Crippen LogP contribution is 2.10. The van der Waals surface area contributed by atoms with Gasteiger partial charge in [-0.25, -0.2) is 0 Å². The lowest BCUT2D eigenvalue weighted by atomic mass is 10.2. The number of nitrogens with two attached hydrogens (primary N) is 1. The first kappa shape index (κ1) is 10.5. The molecular formula is C9H18N2O2. The normalized spacial score (nSPS) is 24.3. The smallest absolute Gasteiger partial charge is 0.236 e. The molecule has 0 aromatic carbocycles. The van der Waals surface area contributed by atoms with E-state index in [0.29, 0.717) is 13.0 Å². The van der Waals surface area contributed by atoms with Crippen molar-refractivity contribution in [3.63, 3.8) is 0 Å². The molecule has 0 spiro atoms. The highest BCUT2D eigenvalue weighted by Gasteiger charge is 2.17. The van der Waals surface area contributed by atoms with Gasteiger partial charge in [0.2, 0.25) is 5.91 Å². The predicted octanol–water partition coefficient (Wildman–Crippen LogP) is 0.0189. The molecule has 76 valence electrons. The molecule has 4 nitrogen and oxygen atoms in total. The molecule has 1 rings (SSSR count). The Balaban J connectivity index is 2.13. The molecule has 0 aromatic rings. The van der Waals surface area contributed by atoms with Gasteiger partial charge in [0, 0.05) is 13.2 Å². The Morgan fingerprint density at radius 3 is 3.08 bits per heavy atom. The van der Waals surface area contributed by atoms with E-state index in [-0.39, 0.29) is 18.1 Å². The van der Waals surface area contributed by atoms with E-state index in [1.165, 1.54) is 0 Å². The number of amides is 1. The van der Waals surface area contributed by atoms with Gasteiger partial charge in [0.15, 0.2) is 0 Å². The van der Waals surface area contributed by atoms with Crippen molar-refractivity contribution in [3.05, 3.63) is 0 Å². The molecule has 0 saturated carbocycles. The number of ether oxygens (including phenoxy) is 1. The maximum atomic E-state index is 11.2. The molecule has 4 heteroatoms. The largest absolute Gasteiger partial charge is 0.376 e. The van der Waals surface area contributed by atoms with Crippen LogP contribution in [0.4, 0.5) is 0 Å². The summed E-state index contributed by atoms with van der Waals surface area (Å²) in [6.07, 6.45) is 3.02. The number of carbonyl (C=O) groups excluding carboxylic acids is 1. The van der Waals surface area contributed by atoms with Crippen LogP contribution in [0.3, 0.4) is 0 Å². The van der Waals surface area contributed by atoms with Crippen molar-refractivity contribution in [2.45, 2.75) is 38.3 Å². The van der Waals surface area contributed by atoms with Crippen LogP contribution in [-0.2, 0) is 9.53 Å². The van der Waals surface area contributed by atoms with Crippen molar-refractivity contribution >= 4 is 5.91 Å². The van der Waals surface area contributed by atoms with E-state index in [1.807, 2.05) is 6.92 Å². The van der Waals surface area contributed by atoms with Gasteiger partial charge >= 0.3 is 0 Å². The van der Waals surface area contributed by atoms with Crippen LogP contribution >= 0.6 is 0 Å². The topological polar surface area (TPSA) is 64.4 Å². The fraction of sp³-hybridized carbons (Fsp3) is 0.889. The summed E-state index contributed by atoms with van der Waals surface area (Å²) >= 11 is 0. The van der Waals surface area contributed by atoms with Crippen LogP contribution in [0.2, 0.25) is 0 Å². The molecule has 2 atom stereocenters. The average Bonchev–Trinajstić information content (AvgIpc) is 2.65. The highest BCUT2D eigenvalue weighted by atomic mass is 16.5. The molecule has 0 aliphatic carbocycles. The molecule has 0 aromatic heterocycles. The summed E-state index contributed by atoms with van der Waals surface area (Å²) in [6, 6.07) is -0.374. The van der Waals surface area contributed by atoms with E-state index in [1.54, 1.807) is 0 Å². The predicted molar refractivity (Wildman–Crippen MR) is 50.3 cm³/mol. The number of nitrogens with one attached hydrogen (secondary N) is 1. The molecule has 1 aliphatic heterocycles. The van der Waals surface area contributed by atoms with E-state index in [4.69, 9.17) is 10.5 Å². The van der Waals surface area contributed by atoms with E-state index >= 15 is 0 Å². The molecule has 1 fully saturated rings. The second-order valence-electron chi connectivity index (χ2n) is 3.39. The maximum absolute atomic E-state index is 11.2. The van der Waals surface area contributed by atoms with Crippen LogP contribution in [-0.4, -0.2) is 31.2 Å². The molecule has 1 heterocycles. The molecular weight excluding hydrogens is 168 g/mol. The molecule has 2 unspecified atom stereocenters. The first-order chi connectivity index (χ1) is 6.24. The van der Waals surface area contributed by atoms with Gasteiger partial charge < -0.3 is 15.8 Å². The molecule has 0 bridgehead atoms. The van der Waals surface area contributed by atoms with Crippen molar-refractivity contribution in [3.8, 4) is 0 Å². The van der Waals surface area contributed by atoms with Crippen LogP contribution in [0.25, 0.3) is 0 Å². The second kappa shape index (κ2) is 5.19. The first-order valence-electron chi connectivity index (χ1n) is 4.89. The third-order valence-electron chi connectivity index (χ3n) is 2.30. The van der Waals surface area contributed by atoms with Crippen LogP contribution in [0.1, 0.15) is 26.2 Å². The molecule has 13 heavy (non-hydrogen) atoms. The standard InChI is InChI=1S/C9H18N2O2/c1-2-8(10)9(12)11-6-7-4-3-5-13-7/h7-8H,2-6,10H2,1H3,(H,11,12). The lowest BCUT2D eigenvalue weighted by Crippen LogP contribution is -2.42. The van der Waals surface area contributed by atoms with Gasteiger partial charge in [-0.15, -0.1) is 0 Å². The zero-order chi connectivity index (χ0) is 9.68. The van der Waals surface area contributed by atoms with Crippen molar-refractivity contribution in [1.82, 2.24) is 5.32 Å². The van der Waals surface area contributed by atoms with Crippen molar-refractivity contribution in [2.24, 2.45) is 5.73 Å². The summed E-state index contributed by atoms with van der Waals surface area (Å²) in [5.41, 5.74) is 5.55. The summed E-state index contributed by atoms with van der Waals surface area (Å²) in [4.78, 5) is 11.2. The van der Waals surface area contributed by atoms with Crippen LogP contribution in [0.5, 0.6) is 0 Å². The van der Waals surface area contributed by atoms with E-state index < -0.39 is 0 Å². The molecule has 1 aliphatic rings. The third-order valence-corrected chi connectivity index (χ3v) is 2.30. The molecule has 0 radical (unpaired) electrons. The summed E-state index contributed by atoms with van der Waals surface area (Å²) in [6.45, 7) is 3.32. The Morgan fingerprint density at radius 1 is 1.77 bits per heavy atom. The van der Waals surface area contributed by atoms with Gasteiger partial charge in [0.05, 0.1) is 12.1 Å². The Hall–Kier alpha value is -0.610. The SMILES string of the molecule is CCC(N)C(=O)NCC1CCCO1. The van der Waals surface area contributed by atoms with Crippen molar-refractivity contribution < 1.29 is 9.53 Å². The third kappa shape index (κ3) is 3.32. The van der Waals surface area contributed by atoms with E-state index in [2.05, 4.69) is 5.32 Å². The lowest BCUT2D eigenvalue weighted by Gasteiger charge is -2.13. The Bertz CT molecular complexity index is 167. The minimum absolute atomic E-state index is 0.0713. The zero-order valence-corrected chi connectivity index (χ0v) is 8.08. The van der Waals surface area contributed by atoms with Gasteiger partial charge in [-0.3, -0.25) is 4.79 Å². The zero-order valence-electron chi connectivity index (χ0n) is 8.08. The summed E-state index contributed by atoms with van der Waals surface area (Å²) < 4.78 is 5.36. The molecule has 1 amide bonds. The van der Waals surface area contributed by atoms with Crippen molar-refractivity contribution in [1.29, 1.82) is 0 Å². The van der Waals surface area contributed by atoms with Gasteiger partial charge in [0.25, 0.3) is 0 Å². The minimum atomic E-state index is -0.374. The Morgan fingerprint density at radius 2 is 2.54 bits per heavy atom. The van der Waals surface area contributed by atoms with Gasteiger partial charge in [-0.2, -0.15) is 0 Å². The molecule has 3 N–H and O–H groups in total.